The summed E-state index contributed by atoms with van der Waals surface area (Å²) in [6.07, 6.45) is 0.639. The Hall–Kier alpha value is -2.98. The monoisotopic (exact) mass is 384 g/mol. The molecule has 0 aliphatic rings. The van der Waals surface area contributed by atoms with E-state index in [0.29, 0.717) is 19.4 Å². The smallest absolute Gasteiger partial charge is 0.348 e. The van der Waals surface area contributed by atoms with Gasteiger partial charge in [0.25, 0.3) is 0 Å². The summed E-state index contributed by atoms with van der Waals surface area (Å²) in [5.41, 5.74) is 9.36. The molecule has 0 radical (unpaired) electrons. The van der Waals surface area contributed by atoms with Crippen molar-refractivity contribution in [3.63, 3.8) is 0 Å². The van der Waals surface area contributed by atoms with E-state index < -0.39 is 29.0 Å². The van der Waals surface area contributed by atoms with Gasteiger partial charge >= 0.3 is 11.7 Å². The summed E-state index contributed by atoms with van der Waals surface area (Å²) >= 11 is 0. The Balaban J connectivity index is 2.89. The van der Waals surface area contributed by atoms with E-state index in [0.717, 1.165) is 9.69 Å². The molecule has 0 unspecified atom stereocenters. The number of aromatic nitrogens is 2. The number of amides is 1. The summed E-state index contributed by atoms with van der Waals surface area (Å²) in [5.74, 6) is -1.48. The van der Waals surface area contributed by atoms with Crippen LogP contribution in [0.4, 0.5) is 0 Å². The van der Waals surface area contributed by atoms with Gasteiger partial charge in [-0.25, -0.2) is 9.80 Å². The highest BCUT2D eigenvalue weighted by molar-refractivity contribution is 5.84. The predicted octanol–water partition coefficient (Wildman–Crippen LogP) is -0.696. The number of carbonyl (C=O) groups excluding carboxylic acids is 2. The first-order chi connectivity index (χ1) is 12.4. The molecular formula is C16H28N6O5. The van der Waals surface area contributed by atoms with Crippen molar-refractivity contribution in [2.45, 2.75) is 52.6 Å². The van der Waals surface area contributed by atoms with E-state index in [4.69, 9.17) is 16.2 Å². The highest BCUT2D eigenvalue weighted by Gasteiger charge is 2.23. The predicted molar refractivity (Wildman–Crippen MR) is 99.9 cm³/mol. The van der Waals surface area contributed by atoms with Crippen LogP contribution in [0, 0.1) is 0 Å². The van der Waals surface area contributed by atoms with Crippen molar-refractivity contribution >= 4 is 17.8 Å². The highest BCUT2D eigenvalue weighted by atomic mass is 16.6. The number of aliphatic imine (C=N–C) groups is 1. The fourth-order valence-corrected chi connectivity index (χ4v) is 2.31. The first-order valence-electron chi connectivity index (χ1n) is 8.51. The van der Waals surface area contributed by atoms with Crippen LogP contribution in [0.1, 0.15) is 46.2 Å². The number of carbonyl (C=O) groups is 2. The van der Waals surface area contributed by atoms with E-state index in [1.807, 2.05) is 0 Å². The normalized spacial score (nSPS) is 11.1. The van der Waals surface area contributed by atoms with Crippen LogP contribution in [0.25, 0.3) is 0 Å². The number of rotatable bonds is 8. The fourth-order valence-electron chi connectivity index (χ4n) is 2.31. The van der Waals surface area contributed by atoms with Crippen molar-refractivity contribution in [2.24, 2.45) is 16.5 Å². The van der Waals surface area contributed by atoms with Gasteiger partial charge in [0.2, 0.25) is 11.8 Å². The molecule has 1 amide bonds. The minimum atomic E-state index is -0.691. The molecule has 1 heterocycles. The third-order valence-corrected chi connectivity index (χ3v) is 3.35. The molecule has 0 aliphatic carbocycles. The van der Waals surface area contributed by atoms with E-state index in [1.165, 1.54) is 6.92 Å². The molecule has 11 heteroatoms. The number of esters is 1. The molecule has 0 atom stereocenters. The second-order valence-electron chi connectivity index (χ2n) is 6.93. The van der Waals surface area contributed by atoms with Gasteiger partial charge in [-0.1, -0.05) is 0 Å². The number of hydrogen-bond donors (Lipinski definition) is 4. The lowest BCUT2D eigenvalue weighted by atomic mass is 10.2. The maximum absolute atomic E-state index is 12.2. The van der Waals surface area contributed by atoms with Crippen LogP contribution in [0.3, 0.4) is 0 Å². The number of hydrogen-bond acceptors (Lipinski definition) is 6. The topological polar surface area (TPSA) is 169 Å². The maximum atomic E-state index is 12.2. The zero-order valence-electron chi connectivity index (χ0n) is 16.1. The molecule has 0 saturated carbocycles. The van der Waals surface area contributed by atoms with E-state index in [9.17, 15) is 19.5 Å². The Bertz CT molecular complexity index is 754. The van der Waals surface area contributed by atoms with Gasteiger partial charge in [-0.3, -0.25) is 14.6 Å². The molecule has 1 aromatic heterocycles. The second kappa shape index (κ2) is 9.10. The number of ether oxygens (including phenoxy) is 1. The number of aromatic hydroxyl groups is 1. The molecule has 0 bridgehead atoms. The third-order valence-electron chi connectivity index (χ3n) is 3.35. The molecule has 0 aromatic carbocycles. The Morgan fingerprint density at radius 2 is 1.96 bits per heavy atom. The van der Waals surface area contributed by atoms with Crippen LogP contribution in [0.15, 0.2) is 9.79 Å². The molecule has 11 nitrogen and oxygen atoms in total. The van der Waals surface area contributed by atoms with Gasteiger partial charge in [0.15, 0.2) is 5.96 Å². The number of nitrogens with zero attached hydrogens (tertiary/aromatic N) is 3. The van der Waals surface area contributed by atoms with Gasteiger partial charge < -0.3 is 26.3 Å². The first-order valence-corrected chi connectivity index (χ1v) is 8.51. The van der Waals surface area contributed by atoms with Crippen molar-refractivity contribution in [3.8, 4) is 5.88 Å². The molecule has 27 heavy (non-hydrogen) atoms. The molecular weight excluding hydrogens is 356 g/mol. The van der Waals surface area contributed by atoms with Gasteiger partial charge in [0, 0.05) is 13.5 Å². The summed E-state index contributed by atoms with van der Waals surface area (Å²) in [7, 11) is 0. The van der Waals surface area contributed by atoms with E-state index in [2.05, 4.69) is 9.98 Å². The summed E-state index contributed by atoms with van der Waals surface area (Å²) in [4.78, 5) is 42.3. The molecule has 0 saturated heterocycles. The highest BCUT2D eigenvalue weighted by Crippen LogP contribution is 2.16. The average Bonchev–Trinajstić information content (AvgIpc) is 2.77. The SMILES string of the molecule is CC(=O)N(CCC(=O)OC(C)(C)C)n1c(O)c(CCCN=C(N)N)[nH]c1=O. The van der Waals surface area contributed by atoms with Gasteiger partial charge in [-0.05, 0) is 33.6 Å². The van der Waals surface area contributed by atoms with Crippen LogP contribution >= 0.6 is 0 Å². The molecule has 1 aromatic rings. The zero-order valence-corrected chi connectivity index (χ0v) is 16.1. The second-order valence-corrected chi connectivity index (χ2v) is 6.93. The minimum Gasteiger partial charge on any atom is -0.492 e. The lowest BCUT2D eigenvalue weighted by molar-refractivity contribution is -0.154. The lowest BCUT2D eigenvalue weighted by Gasteiger charge is -2.23. The Labute approximate surface area is 157 Å². The van der Waals surface area contributed by atoms with Crippen LogP contribution in [-0.2, 0) is 20.7 Å². The minimum absolute atomic E-state index is 0.0461. The lowest BCUT2D eigenvalue weighted by Crippen LogP contribution is -2.45. The Kier molecular flexibility index (Phi) is 7.44. The molecule has 0 fully saturated rings. The first kappa shape index (κ1) is 22.1. The number of imidazole rings is 1. The van der Waals surface area contributed by atoms with Gasteiger partial charge in [-0.2, -0.15) is 4.68 Å². The molecule has 6 N–H and O–H groups in total. The summed E-state index contributed by atoms with van der Waals surface area (Å²) < 4.78 is 5.99. The number of aryl methyl sites for hydroxylation is 1. The standard InChI is InChI=1S/C16H28N6O5/c1-10(23)21(9-7-12(24)27-16(2,3)4)22-13(25)11(20-15(22)26)6-5-8-19-14(17)18/h25H,5-9H2,1-4H3,(H,20,26)(H4,17,18,19). The summed E-state index contributed by atoms with van der Waals surface area (Å²) in [5, 5.41) is 11.3. The average molecular weight is 384 g/mol. The third kappa shape index (κ3) is 7.04. The number of nitrogens with one attached hydrogen (secondary N) is 1. The van der Waals surface area contributed by atoms with Crippen molar-refractivity contribution in [1.82, 2.24) is 9.66 Å². The van der Waals surface area contributed by atoms with Crippen molar-refractivity contribution in [3.05, 3.63) is 16.2 Å². The van der Waals surface area contributed by atoms with Gasteiger partial charge in [-0.15, -0.1) is 0 Å². The summed E-state index contributed by atoms with van der Waals surface area (Å²) in [6, 6.07) is 0. The van der Waals surface area contributed by atoms with Gasteiger partial charge in [0.1, 0.15) is 5.60 Å². The van der Waals surface area contributed by atoms with Crippen molar-refractivity contribution in [2.75, 3.05) is 18.1 Å². The number of aromatic amines is 1. The molecule has 0 aliphatic heterocycles. The zero-order chi connectivity index (χ0) is 20.8. The van der Waals surface area contributed by atoms with Crippen LogP contribution in [-0.4, -0.2) is 51.3 Å². The number of H-pyrrole nitrogens is 1. The molecule has 0 spiro atoms. The van der Waals surface area contributed by atoms with Crippen LogP contribution in [0.5, 0.6) is 5.88 Å². The number of nitrogens with two attached hydrogens (primary N) is 2. The van der Waals surface area contributed by atoms with E-state index in [-0.39, 0.29) is 24.6 Å². The van der Waals surface area contributed by atoms with Crippen molar-refractivity contribution in [1.29, 1.82) is 0 Å². The quantitative estimate of drug-likeness (QED) is 0.199. The molecule has 1 rings (SSSR count). The largest absolute Gasteiger partial charge is 0.492 e. The van der Waals surface area contributed by atoms with E-state index in [1.54, 1.807) is 20.8 Å². The number of guanidine groups is 1. The Morgan fingerprint density at radius 1 is 1.33 bits per heavy atom. The molecule has 152 valence electrons. The van der Waals surface area contributed by atoms with Gasteiger partial charge in [0.05, 0.1) is 18.7 Å². The maximum Gasteiger partial charge on any atom is 0.348 e. The Morgan fingerprint density at radius 3 is 2.48 bits per heavy atom. The van der Waals surface area contributed by atoms with Crippen molar-refractivity contribution < 1.29 is 19.4 Å². The van der Waals surface area contributed by atoms with Crippen LogP contribution in [0.2, 0.25) is 0 Å². The van der Waals surface area contributed by atoms with Crippen LogP contribution < -0.4 is 22.2 Å². The van der Waals surface area contributed by atoms with E-state index >= 15 is 0 Å². The fraction of sp³-hybridized carbons (Fsp3) is 0.625. The summed E-state index contributed by atoms with van der Waals surface area (Å²) in [6.45, 7) is 6.61.